The van der Waals surface area contributed by atoms with Crippen molar-refractivity contribution in [2.45, 2.75) is 20.4 Å². The molecule has 0 aliphatic carbocycles. The van der Waals surface area contributed by atoms with Crippen molar-refractivity contribution in [1.82, 2.24) is 9.78 Å². The van der Waals surface area contributed by atoms with Gasteiger partial charge in [-0.15, -0.1) is 11.3 Å². The van der Waals surface area contributed by atoms with Crippen LogP contribution in [0.25, 0.3) is 10.2 Å². The predicted molar refractivity (Wildman–Crippen MR) is 130 cm³/mol. The molecule has 1 N–H and O–H groups in total. The molecule has 33 heavy (non-hydrogen) atoms. The molecule has 0 spiro atoms. The standard InChI is InChI=1S/C24H22ClN3O4S/c1-14-10-17(32-13-22(29)31-3)8-9-20(14)26-23(30)21-11-18-15(2)27-28(24(18)33-21)12-16-6-4-5-7-19(16)25/h4-11H,12-13H2,1-3H3,(H,26,30). The highest BCUT2D eigenvalue weighted by molar-refractivity contribution is 7.20. The summed E-state index contributed by atoms with van der Waals surface area (Å²) in [7, 11) is 1.30. The first-order valence-corrected chi connectivity index (χ1v) is 11.4. The predicted octanol–water partition coefficient (Wildman–Crippen LogP) is 5.22. The van der Waals surface area contributed by atoms with Gasteiger partial charge in [0.25, 0.3) is 5.91 Å². The molecule has 170 valence electrons. The van der Waals surface area contributed by atoms with Gasteiger partial charge in [0.05, 0.1) is 24.2 Å². The van der Waals surface area contributed by atoms with Crippen molar-refractivity contribution in [3.63, 3.8) is 0 Å². The van der Waals surface area contributed by atoms with Gasteiger partial charge in [-0.2, -0.15) is 5.10 Å². The molecule has 0 atom stereocenters. The molecule has 0 aliphatic heterocycles. The zero-order chi connectivity index (χ0) is 23.5. The number of fused-ring (bicyclic) bond motifs is 1. The minimum atomic E-state index is -0.460. The Morgan fingerprint density at radius 3 is 2.67 bits per heavy atom. The zero-order valence-corrected chi connectivity index (χ0v) is 19.9. The van der Waals surface area contributed by atoms with Crippen LogP contribution in [0.15, 0.2) is 48.5 Å². The first kappa shape index (κ1) is 22.8. The Bertz CT molecular complexity index is 1340. The summed E-state index contributed by atoms with van der Waals surface area (Å²) in [5.74, 6) is -0.141. The lowest BCUT2D eigenvalue weighted by Gasteiger charge is -2.10. The number of esters is 1. The van der Waals surface area contributed by atoms with Crippen LogP contribution in [0.3, 0.4) is 0 Å². The van der Waals surface area contributed by atoms with Gasteiger partial charge in [0.15, 0.2) is 6.61 Å². The second-order valence-electron chi connectivity index (χ2n) is 7.46. The summed E-state index contributed by atoms with van der Waals surface area (Å²) in [5.41, 5.74) is 3.30. The number of rotatable bonds is 7. The lowest BCUT2D eigenvalue weighted by molar-refractivity contribution is -0.142. The molecule has 0 radical (unpaired) electrons. The van der Waals surface area contributed by atoms with Crippen molar-refractivity contribution in [2.24, 2.45) is 0 Å². The SMILES string of the molecule is COC(=O)COc1ccc(NC(=O)c2cc3c(C)nn(Cc4ccccc4Cl)c3s2)c(C)c1. The highest BCUT2D eigenvalue weighted by Crippen LogP contribution is 2.31. The second kappa shape index (κ2) is 9.64. The Morgan fingerprint density at radius 1 is 1.15 bits per heavy atom. The number of nitrogens with zero attached hydrogens (tertiary/aromatic N) is 2. The van der Waals surface area contributed by atoms with E-state index in [0.29, 0.717) is 27.9 Å². The van der Waals surface area contributed by atoms with Crippen LogP contribution >= 0.6 is 22.9 Å². The topological polar surface area (TPSA) is 82.4 Å². The van der Waals surface area contributed by atoms with Gasteiger partial charge in [-0.25, -0.2) is 4.79 Å². The average molecular weight is 484 g/mol. The maximum Gasteiger partial charge on any atom is 0.343 e. The summed E-state index contributed by atoms with van der Waals surface area (Å²) in [4.78, 5) is 25.7. The lowest BCUT2D eigenvalue weighted by atomic mass is 10.2. The molecule has 0 saturated heterocycles. The minimum Gasteiger partial charge on any atom is -0.482 e. The number of methoxy groups -OCH3 is 1. The molecular weight excluding hydrogens is 462 g/mol. The van der Waals surface area contributed by atoms with Crippen molar-refractivity contribution in [2.75, 3.05) is 19.0 Å². The monoisotopic (exact) mass is 483 g/mol. The van der Waals surface area contributed by atoms with Gasteiger partial charge in [0.2, 0.25) is 0 Å². The van der Waals surface area contributed by atoms with Crippen molar-refractivity contribution < 1.29 is 19.1 Å². The summed E-state index contributed by atoms with van der Waals surface area (Å²) in [6, 6.07) is 14.7. The normalized spacial score (nSPS) is 10.9. The van der Waals surface area contributed by atoms with Gasteiger partial charge >= 0.3 is 5.97 Å². The smallest absolute Gasteiger partial charge is 0.343 e. The van der Waals surface area contributed by atoms with E-state index in [2.05, 4.69) is 15.2 Å². The van der Waals surface area contributed by atoms with Crippen LogP contribution in [-0.4, -0.2) is 35.4 Å². The first-order chi connectivity index (χ1) is 15.9. The molecule has 0 unspecified atom stereocenters. The highest BCUT2D eigenvalue weighted by atomic mass is 35.5. The van der Waals surface area contributed by atoms with E-state index >= 15 is 0 Å². The Labute approximate surface area is 199 Å². The highest BCUT2D eigenvalue weighted by Gasteiger charge is 2.18. The number of amides is 1. The maximum atomic E-state index is 13.0. The van der Waals surface area contributed by atoms with Gasteiger partial charge in [0, 0.05) is 16.1 Å². The van der Waals surface area contributed by atoms with Gasteiger partial charge < -0.3 is 14.8 Å². The molecule has 0 aliphatic rings. The van der Waals surface area contributed by atoms with Crippen LogP contribution in [0.1, 0.15) is 26.5 Å². The van der Waals surface area contributed by atoms with Crippen molar-refractivity contribution in [3.05, 3.63) is 75.3 Å². The molecule has 4 rings (SSSR count). The number of carbonyl (C=O) groups excluding carboxylic acids is 2. The number of aromatic nitrogens is 2. The fraction of sp³-hybridized carbons (Fsp3) is 0.208. The van der Waals surface area contributed by atoms with E-state index in [9.17, 15) is 9.59 Å². The number of benzene rings is 2. The Hall–Kier alpha value is -3.36. The number of halogens is 1. The van der Waals surface area contributed by atoms with E-state index in [1.165, 1.54) is 18.4 Å². The molecule has 4 aromatic rings. The van der Waals surface area contributed by atoms with Crippen molar-refractivity contribution in [1.29, 1.82) is 0 Å². The fourth-order valence-corrected chi connectivity index (χ4v) is 4.62. The van der Waals surface area contributed by atoms with Crippen molar-refractivity contribution >= 4 is 50.7 Å². The number of nitrogens with one attached hydrogen (secondary N) is 1. The number of thiophene rings is 1. The molecule has 0 fully saturated rings. The van der Waals surface area contributed by atoms with Gasteiger partial charge in [-0.1, -0.05) is 29.8 Å². The summed E-state index contributed by atoms with van der Waals surface area (Å²) < 4.78 is 11.8. The quantitative estimate of drug-likeness (QED) is 0.364. The number of hydrogen-bond acceptors (Lipinski definition) is 6. The fourth-order valence-electron chi connectivity index (χ4n) is 3.37. The van der Waals surface area contributed by atoms with Crippen LogP contribution in [0.2, 0.25) is 5.02 Å². The van der Waals surface area contributed by atoms with Crippen LogP contribution in [0.5, 0.6) is 5.75 Å². The third-order valence-corrected chi connectivity index (χ3v) is 6.66. The molecule has 2 heterocycles. The number of aryl methyl sites for hydroxylation is 2. The summed E-state index contributed by atoms with van der Waals surface area (Å²) >= 11 is 7.70. The lowest BCUT2D eigenvalue weighted by Crippen LogP contribution is -2.13. The average Bonchev–Trinajstić information content (AvgIpc) is 3.36. The number of anilines is 1. The van der Waals surface area contributed by atoms with Gasteiger partial charge in [-0.05, 0) is 55.3 Å². The number of carbonyl (C=O) groups is 2. The number of ether oxygens (including phenoxy) is 2. The van der Waals surface area contributed by atoms with E-state index < -0.39 is 5.97 Å². The first-order valence-electron chi connectivity index (χ1n) is 10.2. The largest absolute Gasteiger partial charge is 0.482 e. The third-order valence-electron chi connectivity index (χ3n) is 5.14. The van der Waals surface area contributed by atoms with Gasteiger partial charge in [0.1, 0.15) is 10.6 Å². The Morgan fingerprint density at radius 2 is 1.94 bits per heavy atom. The molecule has 7 nitrogen and oxygen atoms in total. The van der Waals surface area contributed by atoms with E-state index in [1.54, 1.807) is 18.2 Å². The summed E-state index contributed by atoms with van der Waals surface area (Å²) in [6.07, 6.45) is 0. The van der Waals surface area contributed by atoms with Crippen LogP contribution in [-0.2, 0) is 16.1 Å². The third kappa shape index (κ3) is 5.02. The van der Waals surface area contributed by atoms with E-state index in [1.807, 2.05) is 48.9 Å². The number of hydrogen-bond donors (Lipinski definition) is 1. The van der Waals surface area contributed by atoms with Crippen LogP contribution in [0.4, 0.5) is 5.69 Å². The molecule has 2 aromatic carbocycles. The molecule has 0 bridgehead atoms. The molecule has 9 heteroatoms. The maximum absolute atomic E-state index is 13.0. The Balaban J connectivity index is 1.52. The second-order valence-corrected chi connectivity index (χ2v) is 8.90. The molecule has 0 saturated carbocycles. The summed E-state index contributed by atoms with van der Waals surface area (Å²) in [5, 5.41) is 9.20. The molecular formula is C24H22ClN3O4S. The van der Waals surface area contributed by atoms with Gasteiger partial charge in [-0.3, -0.25) is 9.48 Å². The summed E-state index contributed by atoms with van der Waals surface area (Å²) in [6.45, 7) is 4.14. The van der Waals surface area contributed by atoms with E-state index in [4.69, 9.17) is 16.3 Å². The molecule has 2 aromatic heterocycles. The van der Waals surface area contributed by atoms with E-state index in [0.717, 1.165) is 27.0 Å². The van der Waals surface area contributed by atoms with Crippen molar-refractivity contribution in [3.8, 4) is 5.75 Å². The minimum absolute atomic E-state index is 0.173. The zero-order valence-electron chi connectivity index (χ0n) is 18.3. The molecule has 1 amide bonds. The Kier molecular flexibility index (Phi) is 6.67. The van der Waals surface area contributed by atoms with Crippen LogP contribution in [0, 0.1) is 13.8 Å². The van der Waals surface area contributed by atoms with Crippen LogP contribution < -0.4 is 10.1 Å². The van der Waals surface area contributed by atoms with E-state index in [-0.39, 0.29) is 12.5 Å².